The Labute approximate surface area is 171 Å². The van der Waals surface area contributed by atoms with E-state index in [-0.39, 0.29) is 30.4 Å². The molecule has 3 rings (SSSR count). The van der Waals surface area contributed by atoms with E-state index in [9.17, 15) is 14.0 Å². The van der Waals surface area contributed by atoms with Crippen LogP contribution in [0.2, 0.25) is 0 Å². The summed E-state index contributed by atoms with van der Waals surface area (Å²) in [4.78, 5) is 27.8. The lowest BCUT2D eigenvalue weighted by atomic mass is 10.1. The zero-order valence-electron chi connectivity index (χ0n) is 17.1. The molecule has 5 nitrogen and oxygen atoms in total. The van der Waals surface area contributed by atoms with Crippen molar-refractivity contribution in [2.45, 2.75) is 39.4 Å². The molecule has 2 aromatic carbocycles. The van der Waals surface area contributed by atoms with Gasteiger partial charge in [-0.2, -0.15) is 0 Å². The van der Waals surface area contributed by atoms with Crippen LogP contribution >= 0.6 is 0 Å². The van der Waals surface area contributed by atoms with Crippen LogP contribution in [0.1, 0.15) is 35.3 Å². The minimum absolute atomic E-state index is 0.0315. The number of hydrogen-bond acceptors (Lipinski definition) is 4. The Morgan fingerprint density at radius 3 is 2.52 bits per heavy atom. The Morgan fingerprint density at radius 2 is 1.86 bits per heavy atom. The van der Waals surface area contributed by atoms with E-state index in [0.29, 0.717) is 17.9 Å². The number of aryl methyl sites for hydroxylation is 1. The lowest BCUT2D eigenvalue weighted by Crippen LogP contribution is -2.58. The van der Waals surface area contributed by atoms with Gasteiger partial charge in [0.05, 0.1) is 0 Å². The number of nitrogens with zero attached hydrogens (tertiary/aromatic N) is 2. The maximum atomic E-state index is 13.1. The SMILES string of the molecule is Cc1cc(C=O)ccc1OCC(=O)N1CC(C)N(Cc2ccc(F)cc2)CC1C. The minimum atomic E-state index is -0.235. The van der Waals surface area contributed by atoms with Crippen molar-refractivity contribution < 1.29 is 18.7 Å². The van der Waals surface area contributed by atoms with Crippen LogP contribution in [-0.2, 0) is 11.3 Å². The molecular weight excluding hydrogens is 371 g/mol. The highest BCUT2D eigenvalue weighted by Gasteiger charge is 2.32. The molecule has 2 aromatic rings. The van der Waals surface area contributed by atoms with Gasteiger partial charge < -0.3 is 9.64 Å². The van der Waals surface area contributed by atoms with Crippen LogP contribution in [0.4, 0.5) is 4.39 Å². The summed E-state index contributed by atoms with van der Waals surface area (Å²) in [6.07, 6.45) is 0.788. The number of rotatable bonds is 6. The highest BCUT2D eigenvalue weighted by atomic mass is 19.1. The molecule has 6 heteroatoms. The number of carbonyl (C=O) groups is 2. The molecule has 0 aromatic heterocycles. The molecule has 0 aliphatic carbocycles. The fourth-order valence-corrected chi connectivity index (χ4v) is 3.72. The molecule has 0 spiro atoms. The predicted molar refractivity (Wildman–Crippen MR) is 110 cm³/mol. The minimum Gasteiger partial charge on any atom is -0.483 e. The maximum absolute atomic E-state index is 13.1. The Balaban J connectivity index is 1.57. The molecule has 1 saturated heterocycles. The van der Waals surface area contributed by atoms with E-state index in [2.05, 4.69) is 11.8 Å². The average molecular weight is 398 g/mol. The summed E-state index contributed by atoms with van der Waals surface area (Å²) < 4.78 is 18.8. The Kier molecular flexibility index (Phi) is 6.64. The van der Waals surface area contributed by atoms with Gasteiger partial charge in [0.25, 0.3) is 5.91 Å². The van der Waals surface area contributed by atoms with Gasteiger partial charge in [0, 0.05) is 37.3 Å². The van der Waals surface area contributed by atoms with Gasteiger partial charge in [-0.1, -0.05) is 12.1 Å². The highest BCUT2D eigenvalue weighted by Crippen LogP contribution is 2.21. The third kappa shape index (κ3) is 5.21. The zero-order chi connectivity index (χ0) is 21.0. The molecule has 2 atom stereocenters. The molecule has 1 heterocycles. The second kappa shape index (κ2) is 9.18. The summed E-state index contributed by atoms with van der Waals surface area (Å²) in [5, 5.41) is 0. The number of amides is 1. The van der Waals surface area contributed by atoms with Gasteiger partial charge in [-0.05, 0) is 62.2 Å². The van der Waals surface area contributed by atoms with Crippen molar-refractivity contribution in [2.24, 2.45) is 0 Å². The molecule has 0 radical (unpaired) electrons. The predicted octanol–water partition coefficient (Wildman–Crippen LogP) is 3.45. The molecule has 0 bridgehead atoms. The van der Waals surface area contributed by atoms with Crippen LogP contribution in [0.15, 0.2) is 42.5 Å². The molecule has 1 aliphatic rings. The van der Waals surface area contributed by atoms with Gasteiger partial charge in [-0.25, -0.2) is 4.39 Å². The van der Waals surface area contributed by atoms with Gasteiger partial charge in [0.2, 0.25) is 0 Å². The third-order valence-corrected chi connectivity index (χ3v) is 5.42. The number of benzene rings is 2. The molecule has 1 aliphatic heterocycles. The first-order chi connectivity index (χ1) is 13.9. The number of carbonyl (C=O) groups excluding carboxylic acids is 2. The molecule has 29 heavy (non-hydrogen) atoms. The zero-order valence-corrected chi connectivity index (χ0v) is 17.1. The van der Waals surface area contributed by atoms with E-state index in [4.69, 9.17) is 4.74 Å². The van der Waals surface area contributed by atoms with Gasteiger partial charge >= 0.3 is 0 Å². The smallest absolute Gasteiger partial charge is 0.260 e. The lowest BCUT2D eigenvalue weighted by molar-refractivity contribution is -0.139. The van der Waals surface area contributed by atoms with Crippen LogP contribution in [0, 0.1) is 12.7 Å². The summed E-state index contributed by atoms with van der Waals surface area (Å²) in [5.74, 6) is 0.325. The van der Waals surface area contributed by atoms with E-state index in [0.717, 1.165) is 30.5 Å². The van der Waals surface area contributed by atoms with Gasteiger partial charge in [-0.3, -0.25) is 14.5 Å². The average Bonchev–Trinajstić information content (AvgIpc) is 2.70. The van der Waals surface area contributed by atoms with Gasteiger partial charge in [0.15, 0.2) is 6.61 Å². The van der Waals surface area contributed by atoms with E-state index in [1.54, 1.807) is 30.3 Å². The van der Waals surface area contributed by atoms with Crippen molar-refractivity contribution in [3.63, 3.8) is 0 Å². The van der Waals surface area contributed by atoms with Crippen molar-refractivity contribution in [1.29, 1.82) is 0 Å². The third-order valence-electron chi connectivity index (χ3n) is 5.42. The largest absolute Gasteiger partial charge is 0.483 e. The second-order valence-corrected chi connectivity index (χ2v) is 7.73. The van der Waals surface area contributed by atoms with Crippen molar-refractivity contribution in [1.82, 2.24) is 9.80 Å². The fourth-order valence-electron chi connectivity index (χ4n) is 3.72. The topological polar surface area (TPSA) is 49.9 Å². The summed E-state index contributed by atoms with van der Waals surface area (Å²) in [5.41, 5.74) is 2.47. The Hall–Kier alpha value is -2.73. The van der Waals surface area contributed by atoms with E-state index < -0.39 is 0 Å². The van der Waals surface area contributed by atoms with Crippen molar-refractivity contribution >= 4 is 12.2 Å². The first-order valence-corrected chi connectivity index (χ1v) is 9.84. The van der Waals surface area contributed by atoms with Gasteiger partial charge in [0.1, 0.15) is 17.9 Å². The first kappa shape index (κ1) is 21.0. The summed E-state index contributed by atoms with van der Waals surface area (Å²) in [6.45, 7) is 8.05. The van der Waals surface area contributed by atoms with Crippen LogP contribution in [0.5, 0.6) is 5.75 Å². The van der Waals surface area contributed by atoms with Crippen LogP contribution in [0.25, 0.3) is 0 Å². The molecule has 1 amide bonds. The number of ether oxygens (including phenoxy) is 1. The molecule has 2 unspecified atom stereocenters. The number of halogens is 1. The van der Waals surface area contributed by atoms with Crippen LogP contribution in [0.3, 0.4) is 0 Å². The normalized spacial score (nSPS) is 19.8. The Morgan fingerprint density at radius 1 is 1.14 bits per heavy atom. The molecular formula is C23H27FN2O3. The van der Waals surface area contributed by atoms with E-state index in [1.165, 1.54) is 12.1 Å². The molecule has 0 N–H and O–H groups in total. The number of hydrogen-bond donors (Lipinski definition) is 0. The number of piperazine rings is 1. The van der Waals surface area contributed by atoms with Gasteiger partial charge in [-0.15, -0.1) is 0 Å². The second-order valence-electron chi connectivity index (χ2n) is 7.73. The van der Waals surface area contributed by atoms with Crippen LogP contribution < -0.4 is 4.74 Å². The van der Waals surface area contributed by atoms with E-state index >= 15 is 0 Å². The quantitative estimate of drug-likeness (QED) is 0.700. The van der Waals surface area contributed by atoms with Crippen molar-refractivity contribution in [2.75, 3.05) is 19.7 Å². The van der Waals surface area contributed by atoms with Crippen LogP contribution in [-0.4, -0.2) is 53.8 Å². The summed E-state index contributed by atoms with van der Waals surface area (Å²) >= 11 is 0. The standard InChI is InChI=1S/C23H27FN2O3/c1-16-10-20(14-27)6-9-22(16)29-15-23(28)26-12-17(2)25(11-18(26)3)13-19-4-7-21(24)8-5-19/h4-10,14,17-18H,11-13,15H2,1-3H3. The fraction of sp³-hybridized carbons (Fsp3) is 0.391. The summed E-state index contributed by atoms with van der Waals surface area (Å²) in [7, 11) is 0. The van der Waals surface area contributed by atoms with Crippen molar-refractivity contribution in [3.05, 3.63) is 65.0 Å². The van der Waals surface area contributed by atoms with E-state index in [1.807, 2.05) is 18.7 Å². The maximum Gasteiger partial charge on any atom is 0.260 e. The molecule has 0 saturated carbocycles. The first-order valence-electron chi connectivity index (χ1n) is 9.84. The monoisotopic (exact) mass is 398 g/mol. The molecule has 154 valence electrons. The molecule has 1 fully saturated rings. The lowest BCUT2D eigenvalue weighted by Gasteiger charge is -2.44. The highest BCUT2D eigenvalue weighted by molar-refractivity contribution is 5.78. The van der Waals surface area contributed by atoms with Crippen molar-refractivity contribution in [3.8, 4) is 5.75 Å². The summed E-state index contributed by atoms with van der Waals surface area (Å²) in [6, 6.07) is 11.9. The number of aldehydes is 1. The Bertz CT molecular complexity index is 869.